The molecule has 1 rings (SSSR count). The Balaban J connectivity index is 2.49. The molecular formula is C11H23NO. The molecule has 78 valence electrons. The Labute approximate surface area is 81.9 Å². The molecule has 0 unspecified atom stereocenters. The first-order valence-corrected chi connectivity index (χ1v) is 5.53. The smallest absolute Gasteiger partial charge is 0.0552 e. The van der Waals surface area contributed by atoms with Gasteiger partial charge in [0, 0.05) is 12.6 Å². The lowest BCUT2D eigenvalue weighted by molar-refractivity contribution is 0.0888. The van der Waals surface area contributed by atoms with Gasteiger partial charge in [-0.25, -0.2) is 0 Å². The van der Waals surface area contributed by atoms with E-state index in [1.165, 1.54) is 25.8 Å². The van der Waals surface area contributed by atoms with Crippen LogP contribution in [0.5, 0.6) is 0 Å². The van der Waals surface area contributed by atoms with Gasteiger partial charge in [-0.2, -0.15) is 0 Å². The summed E-state index contributed by atoms with van der Waals surface area (Å²) in [4.78, 5) is 2.49. The number of aliphatic hydroxyl groups is 1. The topological polar surface area (TPSA) is 23.5 Å². The molecule has 13 heavy (non-hydrogen) atoms. The molecule has 2 nitrogen and oxygen atoms in total. The first-order valence-electron chi connectivity index (χ1n) is 5.53. The monoisotopic (exact) mass is 185 g/mol. The van der Waals surface area contributed by atoms with Gasteiger partial charge in [-0.15, -0.1) is 0 Å². The van der Waals surface area contributed by atoms with Crippen LogP contribution in [0.25, 0.3) is 0 Å². The van der Waals surface area contributed by atoms with Crippen LogP contribution in [0.3, 0.4) is 0 Å². The maximum absolute atomic E-state index is 9.58. The summed E-state index contributed by atoms with van der Waals surface area (Å²) in [5.41, 5.74) is 0. The number of aliphatic hydroxyl groups excluding tert-OH is 1. The van der Waals surface area contributed by atoms with E-state index in [1.54, 1.807) is 0 Å². The average molecular weight is 185 g/mol. The van der Waals surface area contributed by atoms with Gasteiger partial charge in [0.1, 0.15) is 0 Å². The van der Waals surface area contributed by atoms with Crippen LogP contribution in [-0.2, 0) is 0 Å². The molecule has 0 saturated carbocycles. The fourth-order valence-corrected chi connectivity index (χ4v) is 2.07. The molecule has 1 saturated heterocycles. The molecule has 1 N–H and O–H groups in total. The molecular weight excluding hydrogens is 162 g/mol. The summed E-state index contributed by atoms with van der Waals surface area (Å²) < 4.78 is 0. The minimum Gasteiger partial charge on any atom is -0.393 e. The summed E-state index contributed by atoms with van der Waals surface area (Å²) >= 11 is 0. The Hall–Kier alpha value is -0.0800. The predicted molar refractivity (Wildman–Crippen MR) is 55.7 cm³/mol. The molecule has 0 aromatic carbocycles. The van der Waals surface area contributed by atoms with Crippen LogP contribution in [0.1, 0.15) is 40.0 Å². The van der Waals surface area contributed by atoms with E-state index < -0.39 is 0 Å². The molecule has 1 fully saturated rings. The second kappa shape index (κ2) is 4.97. The normalized spacial score (nSPS) is 28.8. The number of rotatable bonds is 2. The molecule has 2 heteroatoms. The van der Waals surface area contributed by atoms with Crippen molar-refractivity contribution in [2.75, 3.05) is 13.1 Å². The molecule has 1 heterocycles. The van der Waals surface area contributed by atoms with Gasteiger partial charge in [-0.3, -0.25) is 0 Å². The number of hydrogen-bond donors (Lipinski definition) is 1. The van der Waals surface area contributed by atoms with Crippen molar-refractivity contribution in [3.05, 3.63) is 0 Å². The standard InChI is InChI=1S/C11H23NO/c1-9(2)12-7-5-4-6-11(8-12)10(3)13/h9-11,13H,4-8H2,1-3H3/t10-,11+/m1/s1. The van der Waals surface area contributed by atoms with Crippen molar-refractivity contribution in [2.24, 2.45) is 5.92 Å². The first-order chi connectivity index (χ1) is 6.11. The van der Waals surface area contributed by atoms with Gasteiger partial charge in [0.2, 0.25) is 0 Å². The fraction of sp³-hybridized carbons (Fsp3) is 1.00. The minimum atomic E-state index is -0.139. The van der Waals surface area contributed by atoms with E-state index >= 15 is 0 Å². The molecule has 0 amide bonds. The van der Waals surface area contributed by atoms with E-state index in [0.29, 0.717) is 12.0 Å². The third-order valence-electron chi connectivity index (χ3n) is 3.15. The van der Waals surface area contributed by atoms with E-state index in [0.717, 1.165) is 6.54 Å². The summed E-state index contributed by atoms with van der Waals surface area (Å²) in [6.45, 7) is 8.69. The highest BCUT2D eigenvalue weighted by molar-refractivity contribution is 4.76. The van der Waals surface area contributed by atoms with Gasteiger partial charge < -0.3 is 10.0 Å². The maximum Gasteiger partial charge on any atom is 0.0552 e. The van der Waals surface area contributed by atoms with Crippen LogP contribution in [0.4, 0.5) is 0 Å². The number of likely N-dealkylation sites (tertiary alicyclic amines) is 1. The highest BCUT2D eigenvalue weighted by Gasteiger charge is 2.22. The second-order valence-electron chi connectivity index (χ2n) is 4.59. The lowest BCUT2D eigenvalue weighted by atomic mass is 9.98. The van der Waals surface area contributed by atoms with Crippen LogP contribution < -0.4 is 0 Å². The van der Waals surface area contributed by atoms with Crippen molar-refractivity contribution < 1.29 is 5.11 Å². The lowest BCUT2D eigenvalue weighted by Crippen LogP contribution is -2.37. The molecule has 0 aromatic rings. The SMILES string of the molecule is CC(C)N1CCCC[C@H]([C@@H](C)O)C1. The molecule has 2 atom stereocenters. The van der Waals surface area contributed by atoms with Crippen LogP contribution >= 0.6 is 0 Å². The van der Waals surface area contributed by atoms with Crippen LogP contribution in [0.2, 0.25) is 0 Å². The average Bonchev–Trinajstić information content (AvgIpc) is 2.28. The van der Waals surface area contributed by atoms with Crippen LogP contribution in [-0.4, -0.2) is 35.2 Å². The van der Waals surface area contributed by atoms with Crippen molar-refractivity contribution in [3.8, 4) is 0 Å². The van der Waals surface area contributed by atoms with Crippen molar-refractivity contribution in [1.29, 1.82) is 0 Å². The number of hydrogen-bond acceptors (Lipinski definition) is 2. The second-order valence-corrected chi connectivity index (χ2v) is 4.59. The van der Waals surface area contributed by atoms with E-state index in [1.807, 2.05) is 6.92 Å². The summed E-state index contributed by atoms with van der Waals surface area (Å²) in [5.74, 6) is 0.491. The van der Waals surface area contributed by atoms with Gasteiger partial charge in [0.25, 0.3) is 0 Å². The van der Waals surface area contributed by atoms with Crippen molar-refractivity contribution >= 4 is 0 Å². The Morgan fingerprint density at radius 2 is 1.92 bits per heavy atom. The largest absolute Gasteiger partial charge is 0.393 e. The Morgan fingerprint density at radius 1 is 1.23 bits per heavy atom. The fourth-order valence-electron chi connectivity index (χ4n) is 2.07. The van der Waals surface area contributed by atoms with Crippen molar-refractivity contribution in [2.45, 2.75) is 52.2 Å². The maximum atomic E-state index is 9.58. The van der Waals surface area contributed by atoms with Gasteiger partial charge in [0.05, 0.1) is 6.10 Å². The van der Waals surface area contributed by atoms with Gasteiger partial charge in [-0.1, -0.05) is 6.42 Å². The molecule has 1 aliphatic rings. The van der Waals surface area contributed by atoms with Crippen LogP contribution in [0.15, 0.2) is 0 Å². The van der Waals surface area contributed by atoms with Crippen LogP contribution in [0, 0.1) is 5.92 Å². The van der Waals surface area contributed by atoms with Crippen molar-refractivity contribution in [1.82, 2.24) is 4.90 Å². The summed E-state index contributed by atoms with van der Waals surface area (Å²) in [7, 11) is 0. The minimum absolute atomic E-state index is 0.139. The Kier molecular flexibility index (Phi) is 4.20. The first kappa shape index (κ1) is 11.0. The highest BCUT2D eigenvalue weighted by Crippen LogP contribution is 2.20. The molecule has 0 aromatic heterocycles. The zero-order valence-corrected chi connectivity index (χ0v) is 9.16. The van der Waals surface area contributed by atoms with E-state index in [-0.39, 0.29) is 6.10 Å². The molecule has 1 aliphatic heterocycles. The summed E-state index contributed by atoms with van der Waals surface area (Å²) in [6.07, 6.45) is 3.63. The summed E-state index contributed by atoms with van der Waals surface area (Å²) in [5, 5.41) is 9.58. The third kappa shape index (κ3) is 3.28. The van der Waals surface area contributed by atoms with Crippen molar-refractivity contribution in [3.63, 3.8) is 0 Å². The summed E-state index contributed by atoms with van der Waals surface area (Å²) in [6, 6.07) is 0.624. The Morgan fingerprint density at radius 3 is 2.46 bits per heavy atom. The van der Waals surface area contributed by atoms with E-state index in [9.17, 15) is 5.11 Å². The zero-order chi connectivity index (χ0) is 9.84. The quantitative estimate of drug-likeness (QED) is 0.710. The van der Waals surface area contributed by atoms with Gasteiger partial charge >= 0.3 is 0 Å². The molecule has 0 bridgehead atoms. The lowest BCUT2D eigenvalue weighted by Gasteiger charge is -2.28. The van der Waals surface area contributed by atoms with Gasteiger partial charge in [0.15, 0.2) is 0 Å². The Bertz CT molecular complexity index is 129. The number of nitrogens with zero attached hydrogens (tertiary/aromatic N) is 1. The van der Waals surface area contributed by atoms with Gasteiger partial charge in [-0.05, 0) is 46.1 Å². The molecule has 0 radical (unpaired) electrons. The molecule has 0 aliphatic carbocycles. The highest BCUT2D eigenvalue weighted by atomic mass is 16.3. The molecule has 0 spiro atoms. The third-order valence-corrected chi connectivity index (χ3v) is 3.15. The van der Waals surface area contributed by atoms with E-state index in [2.05, 4.69) is 18.7 Å². The zero-order valence-electron chi connectivity index (χ0n) is 9.16. The van der Waals surface area contributed by atoms with E-state index in [4.69, 9.17) is 0 Å². The predicted octanol–water partition coefficient (Wildman–Crippen LogP) is 1.88.